The number of aromatic hydroxyl groups is 1. The highest BCUT2D eigenvalue weighted by atomic mass is 16.3. The topological polar surface area (TPSA) is 77.8 Å². The van der Waals surface area contributed by atoms with Crippen LogP contribution in [-0.2, 0) is 6.42 Å². The first-order valence-electron chi connectivity index (χ1n) is 6.84. The Morgan fingerprint density at radius 3 is 2.43 bits per heavy atom. The molecular formula is C17H22O4. The van der Waals surface area contributed by atoms with Gasteiger partial charge in [0, 0.05) is 0 Å². The third kappa shape index (κ3) is 4.85. The molecule has 0 amide bonds. The number of aldehydes is 1. The highest BCUT2D eigenvalue weighted by Crippen LogP contribution is 2.25. The van der Waals surface area contributed by atoms with Gasteiger partial charge in [0.15, 0.2) is 6.29 Å². The van der Waals surface area contributed by atoms with Crippen molar-refractivity contribution in [2.24, 2.45) is 0 Å². The van der Waals surface area contributed by atoms with Gasteiger partial charge in [0.05, 0.1) is 17.8 Å². The first-order chi connectivity index (χ1) is 9.86. The van der Waals surface area contributed by atoms with Crippen molar-refractivity contribution < 1.29 is 20.1 Å². The number of hydrogen-bond donors (Lipinski definition) is 3. The number of aliphatic hydroxyl groups is 2. The van der Waals surface area contributed by atoms with E-state index in [-0.39, 0.29) is 11.3 Å². The van der Waals surface area contributed by atoms with Crippen LogP contribution in [0.25, 0.3) is 6.08 Å². The Balaban J connectivity index is 3.26. The maximum atomic E-state index is 11.2. The number of carbonyl (C=O) groups excluding carboxylic acids is 1. The summed E-state index contributed by atoms with van der Waals surface area (Å²) in [5.74, 6) is -0.0999. The number of hydrogen-bond acceptors (Lipinski definition) is 4. The molecule has 0 spiro atoms. The van der Waals surface area contributed by atoms with E-state index in [9.17, 15) is 20.1 Å². The smallest absolute Gasteiger partial charge is 0.154 e. The van der Waals surface area contributed by atoms with Crippen molar-refractivity contribution in [3.63, 3.8) is 0 Å². The van der Waals surface area contributed by atoms with Gasteiger partial charge in [-0.05, 0) is 44.4 Å². The first-order valence-corrected chi connectivity index (χ1v) is 6.84. The molecule has 1 aromatic carbocycles. The second-order valence-corrected chi connectivity index (χ2v) is 5.26. The molecule has 0 saturated heterocycles. The van der Waals surface area contributed by atoms with Gasteiger partial charge in [-0.1, -0.05) is 29.9 Å². The summed E-state index contributed by atoms with van der Waals surface area (Å²) >= 11 is 0. The third-order valence-electron chi connectivity index (χ3n) is 3.16. The van der Waals surface area contributed by atoms with E-state index in [0.717, 1.165) is 11.1 Å². The Labute approximate surface area is 125 Å². The Morgan fingerprint density at radius 2 is 1.90 bits per heavy atom. The van der Waals surface area contributed by atoms with E-state index < -0.39 is 12.2 Å². The summed E-state index contributed by atoms with van der Waals surface area (Å²) in [6.45, 7) is 5.43. The fourth-order valence-corrected chi connectivity index (χ4v) is 1.84. The summed E-state index contributed by atoms with van der Waals surface area (Å²) in [5.41, 5.74) is 2.76. The van der Waals surface area contributed by atoms with E-state index in [4.69, 9.17) is 0 Å². The summed E-state index contributed by atoms with van der Waals surface area (Å²) in [7, 11) is 0. The van der Waals surface area contributed by atoms with Crippen LogP contribution in [-0.4, -0.2) is 33.8 Å². The average Bonchev–Trinajstić information content (AvgIpc) is 2.43. The number of benzene rings is 1. The number of allylic oxidation sites excluding steroid dienone is 2. The van der Waals surface area contributed by atoms with Crippen LogP contribution in [0, 0.1) is 0 Å². The maximum Gasteiger partial charge on any atom is 0.154 e. The number of carbonyl (C=O) groups is 1. The molecule has 0 heterocycles. The minimum Gasteiger partial charge on any atom is -0.507 e. The molecule has 0 aliphatic carbocycles. The molecule has 0 fully saturated rings. The van der Waals surface area contributed by atoms with Crippen LogP contribution in [0.15, 0.2) is 29.9 Å². The maximum absolute atomic E-state index is 11.2. The molecule has 0 radical (unpaired) electrons. The number of phenolic OH excluding ortho intramolecular Hbond substituents is 1. The molecule has 114 valence electrons. The molecule has 2 atom stereocenters. The standard InChI is InChI=1S/C17H22O4/c1-11(2)4-5-13-6-8-17(21)15(10-18)14(13)7-9-16(20)12(3)19/h4,6-10,12,16,19-21H,5H2,1-3H3/b9-7+/t12-,16-/m1/s1. The van der Waals surface area contributed by atoms with Crippen molar-refractivity contribution in [3.05, 3.63) is 46.5 Å². The molecule has 0 saturated carbocycles. The van der Waals surface area contributed by atoms with Gasteiger partial charge in [-0.25, -0.2) is 0 Å². The van der Waals surface area contributed by atoms with Gasteiger partial charge < -0.3 is 15.3 Å². The predicted octanol–water partition coefficient (Wildman–Crippen LogP) is 2.47. The zero-order chi connectivity index (χ0) is 16.0. The van der Waals surface area contributed by atoms with Crippen molar-refractivity contribution in [1.29, 1.82) is 0 Å². The van der Waals surface area contributed by atoms with E-state index in [0.29, 0.717) is 18.3 Å². The highest BCUT2D eigenvalue weighted by Gasteiger charge is 2.11. The van der Waals surface area contributed by atoms with Gasteiger partial charge in [0.2, 0.25) is 0 Å². The normalized spacial score (nSPS) is 14.0. The highest BCUT2D eigenvalue weighted by molar-refractivity contribution is 5.86. The van der Waals surface area contributed by atoms with Crippen LogP contribution in [0.5, 0.6) is 5.75 Å². The molecule has 4 heteroatoms. The Bertz CT molecular complexity index is 552. The minimum absolute atomic E-state index is 0.0999. The second-order valence-electron chi connectivity index (χ2n) is 5.26. The summed E-state index contributed by atoms with van der Waals surface area (Å²) < 4.78 is 0. The van der Waals surface area contributed by atoms with E-state index in [1.165, 1.54) is 19.1 Å². The fraction of sp³-hybridized carbons (Fsp3) is 0.353. The molecule has 0 aromatic heterocycles. The van der Waals surface area contributed by atoms with Gasteiger partial charge in [-0.2, -0.15) is 0 Å². The van der Waals surface area contributed by atoms with E-state index >= 15 is 0 Å². The van der Waals surface area contributed by atoms with Crippen LogP contribution in [0.2, 0.25) is 0 Å². The SMILES string of the molecule is CC(C)=CCc1ccc(O)c(C=O)c1/C=C/[C@@H](O)[C@@H](C)O. The minimum atomic E-state index is -1.02. The van der Waals surface area contributed by atoms with Gasteiger partial charge >= 0.3 is 0 Å². The molecule has 0 unspecified atom stereocenters. The lowest BCUT2D eigenvalue weighted by molar-refractivity contribution is 0.0624. The van der Waals surface area contributed by atoms with Crippen molar-refractivity contribution in [2.45, 2.75) is 39.4 Å². The Kier molecular flexibility index (Phi) is 6.34. The molecule has 0 bridgehead atoms. The molecular weight excluding hydrogens is 268 g/mol. The van der Waals surface area contributed by atoms with Crippen LogP contribution in [0.4, 0.5) is 0 Å². The summed E-state index contributed by atoms with van der Waals surface area (Å²) in [6.07, 6.45) is 4.28. The van der Waals surface area contributed by atoms with Crippen LogP contribution in [0.3, 0.4) is 0 Å². The third-order valence-corrected chi connectivity index (χ3v) is 3.16. The van der Waals surface area contributed by atoms with Gasteiger partial charge in [0.25, 0.3) is 0 Å². The van der Waals surface area contributed by atoms with E-state index in [2.05, 4.69) is 0 Å². The largest absolute Gasteiger partial charge is 0.507 e. The summed E-state index contributed by atoms with van der Waals surface area (Å²) in [4.78, 5) is 11.2. The second kappa shape index (κ2) is 7.76. The zero-order valence-electron chi connectivity index (χ0n) is 12.6. The van der Waals surface area contributed by atoms with Crippen molar-refractivity contribution in [1.82, 2.24) is 0 Å². The number of aliphatic hydroxyl groups excluding tert-OH is 2. The summed E-state index contributed by atoms with van der Waals surface area (Å²) in [6, 6.07) is 3.23. The molecule has 1 aromatic rings. The van der Waals surface area contributed by atoms with Crippen molar-refractivity contribution in [3.8, 4) is 5.75 Å². The molecule has 3 N–H and O–H groups in total. The Morgan fingerprint density at radius 1 is 1.24 bits per heavy atom. The first kappa shape index (κ1) is 17.1. The lowest BCUT2D eigenvalue weighted by atomic mass is 9.96. The Hall–Kier alpha value is -1.91. The predicted molar refractivity (Wildman–Crippen MR) is 83.4 cm³/mol. The number of rotatable bonds is 6. The van der Waals surface area contributed by atoms with Crippen LogP contribution in [0.1, 0.15) is 42.3 Å². The molecule has 4 nitrogen and oxygen atoms in total. The number of phenols is 1. The molecule has 1 rings (SSSR count). The van der Waals surface area contributed by atoms with E-state index in [1.54, 1.807) is 12.1 Å². The molecule has 0 aliphatic rings. The van der Waals surface area contributed by atoms with Crippen LogP contribution >= 0.6 is 0 Å². The summed E-state index contributed by atoms with van der Waals surface area (Å²) in [5, 5.41) is 28.7. The zero-order valence-corrected chi connectivity index (χ0v) is 12.6. The van der Waals surface area contributed by atoms with E-state index in [1.807, 2.05) is 19.9 Å². The van der Waals surface area contributed by atoms with Gasteiger partial charge in [-0.3, -0.25) is 4.79 Å². The van der Waals surface area contributed by atoms with Gasteiger partial charge in [-0.15, -0.1) is 0 Å². The lowest BCUT2D eigenvalue weighted by Crippen LogP contribution is -2.19. The average molecular weight is 290 g/mol. The quantitative estimate of drug-likeness (QED) is 0.555. The lowest BCUT2D eigenvalue weighted by Gasteiger charge is -2.11. The molecule has 0 aliphatic heterocycles. The van der Waals surface area contributed by atoms with Crippen LogP contribution < -0.4 is 0 Å². The van der Waals surface area contributed by atoms with Crippen molar-refractivity contribution >= 4 is 12.4 Å². The fourth-order valence-electron chi connectivity index (χ4n) is 1.84. The van der Waals surface area contributed by atoms with Gasteiger partial charge in [0.1, 0.15) is 5.75 Å². The van der Waals surface area contributed by atoms with Crippen molar-refractivity contribution in [2.75, 3.05) is 0 Å². The molecule has 21 heavy (non-hydrogen) atoms. The monoisotopic (exact) mass is 290 g/mol.